The van der Waals surface area contributed by atoms with Gasteiger partial charge < -0.3 is 14.9 Å². The van der Waals surface area contributed by atoms with Crippen LogP contribution in [-0.4, -0.2) is 29.4 Å². The van der Waals surface area contributed by atoms with Crippen LogP contribution in [0.4, 0.5) is 0 Å². The molecule has 0 atom stereocenters. The third-order valence-electron chi connectivity index (χ3n) is 1.34. The number of para-hydroxylation sites is 1. The van der Waals surface area contributed by atoms with Crippen LogP contribution in [0.5, 0.6) is 5.75 Å². The lowest BCUT2D eigenvalue weighted by Crippen LogP contribution is -1.84. The van der Waals surface area contributed by atoms with E-state index in [1.54, 1.807) is 24.3 Å². The predicted molar refractivity (Wildman–Crippen MR) is 68.1 cm³/mol. The van der Waals surface area contributed by atoms with E-state index in [4.69, 9.17) is 14.9 Å². The van der Waals surface area contributed by atoms with Crippen LogP contribution < -0.4 is 0 Å². The van der Waals surface area contributed by atoms with Gasteiger partial charge in [0.2, 0.25) is 0 Å². The predicted octanol–water partition coefficient (Wildman–Crippen LogP) is 2.69. The molecule has 0 spiro atoms. The van der Waals surface area contributed by atoms with Gasteiger partial charge in [-0.3, -0.25) is 0 Å². The van der Waals surface area contributed by atoms with Crippen molar-refractivity contribution in [1.29, 1.82) is 0 Å². The molecule has 0 saturated carbocycles. The first kappa shape index (κ1) is 17.6. The summed E-state index contributed by atoms with van der Waals surface area (Å²) in [6.45, 7) is 8.63. The highest BCUT2D eigenvalue weighted by Gasteiger charge is 1.75. The quantitative estimate of drug-likeness (QED) is 0.797. The van der Waals surface area contributed by atoms with Gasteiger partial charge in [0, 0.05) is 19.3 Å². The van der Waals surface area contributed by atoms with Crippen LogP contribution in [0, 0.1) is 0 Å². The maximum Gasteiger partial charge on any atom is 0.327 e. The van der Waals surface area contributed by atoms with Crippen molar-refractivity contribution in [2.24, 2.45) is 0 Å². The number of rotatable bonds is 3. The summed E-state index contributed by atoms with van der Waals surface area (Å²) >= 11 is 0. The summed E-state index contributed by atoms with van der Waals surface area (Å²) in [5.41, 5.74) is 0. The number of ether oxygens (including phenoxy) is 1. The van der Waals surface area contributed by atoms with Gasteiger partial charge in [-0.1, -0.05) is 24.8 Å². The fourth-order valence-corrected chi connectivity index (χ4v) is 0.632. The summed E-state index contributed by atoms with van der Waals surface area (Å²) < 4.78 is 4.83. The largest absolute Gasteiger partial charge is 0.508 e. The Labute approximate surface area is 102 Å². The maximum absolute atomic E-state index is 9.25. The Morgan fingerprint density at radius 3 is 1.82 bits per heavy atom. The van der Waals surface area contributed by atoms with Crippen molar-refractivity contribution in [1.82, 2.24) is 0 Å². The summed E-state index contributed by atoms with van der Waals surface area (Å²) in [6.07, 6.45) is 0.833. The van der Waals surface area contributed by atoms with Crippen LogP contribution in [0.3, 0.4) is 0 Å². The fraction of sp³-hybridized carbons (Fsp3) is 0.308. The van der Waals surface area contributed by atoms with Gasteiger partial charge in [-0.2, -0.15) is 0 Å². The van der Waals surface area contributed by atoms with Gasteiger partial charge >= 0.3 is 5.97 Å². The number of aliphatic carboxylic acids is 1. The molecule has 0 aliphatic carbocycles. The van der Waals surface area contributed by atoms with E-state index in [-0.39, 0.29) is 0 Å². The minimum atomic E-state index is -0.981. The number of carboxylic acids is 1. The molecule has 0 fully saturated rings. The number of phenols is 1. The molecule has 1 aromatic rings. The lowest BCUT2D eigenvalue weighted by molar-refractivity contribution is -0.131. The summed E-state index contributed by atoms with van der Waals surface area (Å²) in [7, 11) is 0. The normalized spacial score (nSPS) is 7.88. The topological polar surface area (TPSA) is 66.8 Å². The number of hydrogen-bond acceptors (Lipinski definition) is 3. The average molecular weight is 240 g/mol. The fourth-order valence-electron chi connectivity index (χ4n) is 0.632. The van der Waals surface area contributed by atoms with Crippen molar-refractivity contribution >= 4 is 5.97 Å². The van der Waals surface area contributed by atoms with Crippen LogP contribution in [0.15, 0.2) is 43.0 Å². The zero-order valence-corrected chi connectivity index (χ0v) is 10.3. The van der Waals surface area contributed by atoms with Crippen molar-refractivity contribution in [2.45, 2.75) is 13.8 Å². The first-order chi connectivity index (χ1) is 8.08. The molecule has 4 heteroatoms. The Balaban J connectivity index is 0. The molecule has 4 nitrogen and oxygen atoms in total. The number of hydrogen-bond donors (Lipinski definition) is 2. The number of phenolic OH excluding ortho intramolecular Hbond substituents is 1. The molecule has 0 bridgehead atoms. The highest BCUT2D eigenvalue weighted by molar-refractivity contribution is 5.78. The van der Waals surface area contributed by atoms with E-state index in [1.807, 2.05) is 19.9 Å². The van der Waals surface area contributed by atoms with Crippen molar-refractivity contribution in [2.75, 3.05) is 13.2 Å². The monoisotopic (exact) mass is 240 g/mol. The molecule has 0 radical (unpaired) electrons. The molecule has 1 aromatic carbocycles. The molecule has 0 aromatic heterocycles. The van der Waals surface area contributed by atoms with E-state index in [2.05, 4.69) is 6.58 Å². The zero-order chi connectivity index (χ0) is 13.5. The standard InChI is InChI=1S/C6H6O.C4H10O.C3H4O2/c7-6-4-2-1-3-5-6;1-3-5-4-2;1-2-3(4)5/h1-5,7H;3-4H2,1-2H3;2H,1H2,(H,4,5). The lowest BCUT2D eigenvalue weighted by Gasteiger charge is -1.86. The maximum atomic E-state index is 9.25. The number of aromatic hydroxyl groups is 1. The Bertz CT molecular complexity index is 281. The van der Waals surface area contributed by atoms with Gasteiger partial charge in [-0.05, 0) is 26.0 Å². The molecule has 0 amide bonds. The van der Waals surface area contributed by atoms with Gasteiger partial charge in [0.05, 0.1) is 0 Å². The van der Waals surface area contributed by atoms with Crippen LogP contribution in [0.2, 0.25) is 0 Å². The molecular weight excluding hydrogens is 220 g/mol. The number of carboxylic acid groups (broad SMARTS) is 1. The van der Waals surface area contributed by atoms with E-state index in [9.17, 15) is 4.79 Å². The van der Waals surface area contributed by atoms with Crippen LogP contribution in [0.1, 0.15) is 13.8 Å². The van der Waals surface area contributed by atoms with Crippen LogP contribution >= 0.6 is 0 Å². The molecule has 0 aliphatic heterocycles. The SMILES string of the molecule is C=CC(=O)O.CCOCC.Oc1ccccc1. The third-order valence-corrected chi connectivity index (χ3v) is 1.34. The molecular formula is C13H20O4. The van der Waals surface area contributed by atoms with Crippen LogP contribution in [-0.2, 0) is 9.53 Å². The van der Waals surface area contributed by atoms with Gasteiger partial charge in [-0.25, -0.2) is 4.79 Å². The second-order valence-corrected chi connectivity index (χ2v) is 2.66. The molecule has 0 saturated heterocycles. The van der Waals surface area contributed by atoms with Gasteiger partial charge in [0.15, 0.2) is 0 Å². The molecule has 0 unspecified atom stereocenters. The van der Waals surface area contributed by atoms with Crippen molar-refractivity contribution in [3.8, 4) is 5.75 Å². The molecule has 17 heavy (non-hydrogen) atoms. The summed E-state index contributed by atoms with van der Waals surface area (Å²) in [5.74, 6) is -0.660. The van der Waals surface area contributed by atoms with Crippen molar-refractivity contribution in [3.63, 3.8) is 0 Å². The Kier molecular flexibility index (Phi) is 14.7. The second-order valence-electron chi connectivity index (χ2n) is 2.66. The smallest absolute Gasteiger partial charge is 0.327 e. The summed E-state index contributed by atoms with van der Waals surface area (Å²) in [6, 6.07) is 8.71. The molecule has 2 N–H and O–H groups in total. The van der Waals surface area contributed by atoms with E-state index < -0.39 is 5.97 Å². The highest BCUT2D eigenvalue weighted by atomic mass is 16.5. The minimum absolute atomic E-state index is 0.322. The van der Waals surface area contributed by atoms with Gasteiger partial charge in [0.1, 0.15) is 5.75 Å². The lowest BCUT2D eigenvalue weighted by atomic mass is 10.3. The second kappa shape index (κ2) is 14.2. The van der Waals surface area contributed by atoms with Crippen LogP contribution in [0.25, 0.3) is 0 Å². The molecule has 1 rings (SSSR count). The van der Waals surface area contributed by atoms with Gasteiger partial charge in [-0.15, -0.1) is 0 Å². The third kappa shape index (κ3) is 20.3. The zero-order valence-electron chi connectivity index (χ0n) is 10.3. The Morgan fingerprint density at radius 1 is 1.29 bits per heavy atom. The van der Waals surface area contributed by atoms with E-state index in [0.29, 0.717) is 5.75 Å². The number of carbonyl (C=O) groups is 1. The molecule has 0 aliphatic rings. The highest BCUT2D eigenvalue weighted by Crippen LogP contribution is 2.02. The van der Waals surface area contributed by atoms with E-state index >= 15 is 0 Å². The summed E-state index contributed by atoms with van der Waals surface area (Å²) in [4.78, 5) is 9.25. The Morgan fingerprint density at radius 2 is 1.71 bits per heavy atom. The van der Waals surface area contributed by atoms with Gasteiger partial charge in [0.25, 0.3) is 0 Å². The number of benzene rings is 1. The Hall–Kier alpha value is -1.81. The van der Waals surface area contributed by atoms with E-state index in [0.717, 1.165) is 19.3 Å². The first-order valence-electron chi connectivity index (χ1n) is 5.25. The van der Waals surface area contributed by atoms with E-state index in [1.165, 1.54) is 0 Å². The average Bonchev–Trinajstić information content (AvgIpc) is 2.32. The first-order valence-corrected chi connectivity index (χ1v) is 5.25. The van der Waals surface area contributed by atoms with Crippen molar-refractivity contribution in [3.05, 3.63) is 43.0 Å². The van der Waals surface area contributed by atoms with Crippen molar-refractivity contribution < 1.29 is 19.7 Å². The summed E-state index contributed by atoms with van der Waals surface area (Å²) in [5, 5.41) is 16.2. The molecule has 96 valence electrons. The molecule has 0 heterocycles. The minimum Gasteiger partial charge on any atom is -0.508 e.